The summed E-state index contributed by atoms with van der Waals surface area (Å²) in [5, 5.41) is 8.74. The van der Waals surface area contributed by atoms with Crippen molar-refractivity contribution in [1.29, 1.82) is 0 Å². The lowest BCUT2D eigenvalue weighted by atomic mass is 10.2. The van der Waals surface area contributed by atoms with Crippen molar-refractivity contribution < 1.29 is 13.5 Å². The number of nitrogen functional groups attached to an aromatic ring is 1. The molecule has 0 atom stereocenters. The van der Waals surface area contributed by atoms with Gasteiger partial charge in [-0.2, -0.15) is 0 Å². The predicted octanol–water partition coefficient (Wildman–Crippen LogP) is 1.75. The molecule has 0 saturated carbocycles. The van der Waals surface area contributed by atoms with E-state index >= 15 is 0 Å². The van der Waals surface area contributed by atoms with Gasteiger partial charge < -0.3 is 10.8 Å². The van der Waals surface area contributed by atoms with Crippen LogP contribution in [-0.4, -0.2) is 26.7 Å². The fraction of sp³-hybridized carbons (Fsp3) is 0.500. The highest BCUT2D eigenvalue weighted by molar-refractivity contribution is 7.89. The van der Waals surface area contributed by atoms with Gasteiger partial charge in [0.25, 0.3) is 0 Å². The molecular weight excluding hydrogens is 288 g/mol. The molecule has 0 amide bonds. The number of halogens is 1. The fourth-order valence-electron chi connectivity index (χ4n) is 1.61. The van der Waals surface area contributed by atoms with Crippen LogP contribution in [0.4, 0.5) is 5.69 Å². The van der Waals surface area contributed by atoms with Crippen LogP contribution < -0.4 is 10.5 Å². The van der Waals surface area contributed by atoms with Crippen molar-refractivity contribution in [2.45, 2.75) is 30.6 Å². The Morgan fingerprint density at radius 3 is 2.53 bits per heavy atom. The van der Waals surface area contributed by atoms with Crippen LogP contribution in [0, 0.1) is 0 Å². The molecule has 0 aliphatic heterocycles. The number of nitrogens with one attached hydrogen (secondary N) is 1. The van der Waals surface area contributed by atoms with Crippen LogP contribution in [0.2, 0.25) is 5.02 Å². The highest BCUT2D eigenvalue weighted by Gasteiger charge is 2.17. The highest BCUT2D eigenvalue weighted by Crippen LogP contribution is 2.23. The molecule has 1 aromatic carbocycles. The first-order valence-corrected chi connectivity index (χ1v) is 7.99. The maximum atomic E-state index is 12.0. The third-order valence-electron chi connectivity index (χ3n) is 2.62. The first kappa shape index (κ1) is 16.2. The zero-order valence-corrected chi connectivity index (χ0v) is 12.2. The summed E-state index contributed by atoms with van der Waals surface area (Å²) >= 11 is 5.87. The summed E-state index contributed by atoms with van der Waals surface area (Å²) in [6.07, 6.45) is 3.24. The van der Waals surface area contributed by atoms with Gasteiger partial charge in [0, 0.05) is 18.8 Å². The summed E-state index contributed by atoms with van der Waals surface area (Å²) in [5.41, 5.74) is 5.94. The second-order valence-corrected chi connectivity index (χ2v) is 6.37. The van der Waals surface area contributed by atoms with Crippen molar-refractivity contribution in [1.82, 2.24) is 4.72 Å². The minimum absolute atomic E-state index is 0.0405. The van der Waals surface area contributed by atoms with E-state index in [2.05, 4.69) is 4.72 Å². The lowest BCUT2D eigenvalue weighted by molar-refractivity contribution is 0.282. The number of sulfonamides is 1. The fourth-order valence-corrected chi connectivity index (χ4v) is 3.23. The summed E-state index contributed by atoms with van der Waals surface area (Å²) in [6.45, 7) is 0.529. The van der Waals surface area contributed by atoms with Crippen LogP contribution in [0.5, 0.6) is 0 Å². The van der Waals surface area contributed by atoms with Crippen molar-refractivity contribution >= 4 is 27.3 Å². The molecule has 1 rings (SSSR count). The number of unbranched alkanes of at least 4 members (excludes halogenated alkanes) is 3. The van der Waals surface area contributed by atoms with Gasteiger partial charge >= 0.3 is 0 Å². The first-order chi connectivity index (χ1) is 8.97. The molecular formula is C12H19ClN2O3S. The molecule has 19 heavy (non-hydrogen) atoms. The van der Waals surface area contributed by atoms with E-state index in [0.717, 1.165) is 25.7 Å². The van der Waals surface area contributed by atoms with Gasteiger partial charge in [-0.05, 0) is 31.0 Å². The normalized spacial score (nSPS) is 11.7. The van der Waals surface area contributed by atoms with E-state index in [4.69, 9.17) is 22.4 Å². The third kappa shape index (κ3) is 5.36. The summed E-state index contributed by atoms with van der Waals surface area (Å²) in [4.78, 5) is 0.0405. The molecule has 1 aromatic rings. The second-order valence-electron chi connectivity index (χ2n) is 4.23. The zero-order valence-electron chi connectivity index (χ0n) is 10.6. The van der Waals surface area contributed by atoms with Gasteiger partial charge in [0.2, 0.25) is 10.0 Å². The first-order valence-electron chi connectivity index (χ1n) is 6.13. The maximum Gasteiger partial charge on any atom is 0.242 e. The average Bonchev–Trinajstić information content (AvgIpc) is 2.33. The number of anilines is 1. The molecule has 0 aliphatic carbocycles. The zero-order chi connectivity index (χ0) is 14.3. The van der Waals surface area contributed by atoms with Crippen LogP contribution in [0.15, 0.2) is 23.1 Å². The van der Waals surface area contributed by atoms with Crippen LogP contribution in [0.1, 0.15) is 25.7 Å². The Bertz CT molecular complexity index is 506. The van der Waals surface area contributed by atoms with Gasteiger partial charge in [-0.15, -0.1) is 0 Å². The molecule has 7 heteroatoms. The smallest absolute Gasteiger partial charge is 0.242 e. The van der Waals surface area contributed by atoms with E-state index in [0.29, 0.717) is 12.2 Å². The number of hydrogen-bond acceptors (Lipinski definition) is 4. The molecule has 4 N–H and O–H groups in total. The van der Waals surface area contributed by atoms with Crippen molar-refractivity contribution in [3.63, 3.8) is 0 Å². The van der Waals surface area contributed by atoms with E-state index in [9.17, 15) is 8.42 Å². The topological polar surface area (TPSA) is 92.4 Å². The van der Waals surface area contributed by atoms with E-state index < -0.39 is 10.0 Å². The summed E-state index contributed by atoms with van der Waals surface area (Å²) in [7, 11) is -3.59. The molecule has 0 spiro atoms. The van der Waals surface area contributed by atoms with Crippen molar-refractivity contribution in [2.24, 2.45) is 0 Å². The quantitative estimate of drug-likeness (QED) is 0.504. The lowest BCUT2D eigenvalue weighted by Crippen LogP contribution is -2.25. The molecule has 0 unspecified atom stereocenters. The lowest BCUT2D eigenvalue weighted by Gasteiger charge is -2.08. The molecule has 0 saturated heterocycles. The standard InChI is InChI=1S/C12H19ClN2O3S/c13-11-9-10(14)5-6-12(11)19(17,18)15-7-3-1-2-4-8-16/h5-6,9,15-16H,1-4,7-8,14H2. The number of hydrogen-bond donors (Lipinski definition) is 3. The Hall–Kier alpha value is -0.820. The monoisotopic (exact) mass is 306 g/mol. The van der Waals surface area contributed by atoms with E-state index in [-0.39, 0.29) is 16.5 Å². The Labute approximate surface area is 118 Å². The minimum atomic E-state index is -3.59. The van der Waals surface area contributed by atoms with Crippen LogP contribution >= 0.6 is 11.6 Å². The van der Waals surface area contributed by atoms with Gasteiger partial charge in [-0.3, -0.25) is 0 Å². The largest absolute Gasteiger partial charge is 0.399 e. The number of nitrogens with two attached hydrogens (primary N) is 1. The van der Waals surface area contributed by atoms with Gasteiger partial charge in [-0.25, -0.2) is 13.1 Å². The Morgan fingerprint density at radius 2 is 1.89 bits per heavy atom. The molecule has 5 nitrogen and oxygen atoms in total. The molecule has 0 aromatic heterocycles. The molecule has 0 radical (unpaired) electrons. The van der Waals surface area contributed by atoms with Crippen LogP contribution in [0.3, 0.4) is 0 Å². The summed E-state index contributed by atoms with van der Waals surface area (Å²) in [5.74, 6) is 0. The average molecular weight is 307 g/mol. The van der Waals surface area contributed by atoms with E-state index in [1.807, 2.05) is 0 Å². The number of rotatable bonds is 8. The van der Waals surface area contributed by atoms with Crippen molar-refractivity contribution in [2.75, 3.05) is 18.9 Å². The Morgan fingerprint density at radius 1 is 1.21 bits per heavy atom. The number of aliphatic hydroxyl groups is 1. The summed E-state index contributed by atoms with van der Waals surface area (Å²) in [6, 6.07) is 4.31. The SMILES string of the molecule is Nc1ccc(S(=O)(=O)NCCCCCCO)c(Cl)c1. The molecule has 0 heterocycles. The molecule has 108 valence electrons. The van der Waals surface area contributed by atoms with Gasteiger partial charge in [0.15, 0.2) is 0 Å². The molecule has 0 fully saturated rings. The van der Waals surface area contributed by atoms with E-state index in [1.165, 1.54) is 18.2 Å². The number of benzene rings is 1. The molecule has 0 bridgehead atoms. The van der Waals surface area contributed by atoms with Crippen LogP contribution in [0.25, 0.3) is 0 Å². The van der Waals surface area contributed by atoms with Gasteiger partial charge in [0.1, 0.15) is 4.90 Å². The third-order valence-corrected chi connectivity index (χ3v) is 4.57. The maximum absolute atomic E-state index is 12.0. The summed E-state index contributed by atoms with van der Waals surface area (Å²) < 4.78 is 26.5. The van der Waals surface area contributed by atoms with Crippen LogP contribution in [-0.2, 0) is 10.0 Å². The van der Waals surface area contributed by atoms with E-state index in [1.54, 1.807) is 0 Å². The van der Waals surface area contributed by atoms with Gasteiger partial charge in [-0.1, -0.05) is 24.4 Å². The predicted molar refractivity (Wildman–Crippen MR) is 76.6 cm³/mol. The Kier molecular flexibility index (Phi) is 6.57. The minimum Gasteiger partial charge on any atom is -0.399 e. The number of aliphatic hydroxyl groups excluding tert-OH is 1. The van der Waals surface area contributed by atoms with Gasteiger partial charge in [0.05, 0.1) is 5.02 Å². The molecule has 0 aliphatic rings. The van der Waals surface area contributed by atoms with Crippen molar-refractivity contribution in [3.8, 4) is 0 Å². The van der Waals surface area contributed by atoms with Crippen molar-refractivity contribution in [3.05, 3.63) is 23.2 Å². The second kappa shape index (κ2) is 7.69. The Balaban J connectivity index is 2.52. The highest BCUT2D eigenvalue weighted by atomic mass is 35.5.